The van der Waals surface area contributed by atoms with Crippen molar-refractivity contribution < 1.29 is 56.1 Å². The molecule has 0 spiro atoms. The van der Waals surface area contributed by atoms with Gasteiger partial charge in [0.2, 0.25) is 0 Å². The molecular formula is C35H46Cl2OZr. The van der Waals surface area contributed by atoms with Gasteiger partial charge >= 0.3 is 26.2 Å². The molecule has 39 heavy (non-hydrogen) atoms. The zero-order valence-electron chi connectivity index (χ0n) is 25.7. The Balaban J connectivity index is 0.00000253. The molecule has 2 aromatic rings. The molecular weight excluding hydrogens is 599 g/mol. The largest absolute Gasteiger partial charge is 2.00 e. The first kappa shape index (κ1) is 35.9. The van der Waals surface area contributed by atoms with E-state index in [-0.39, 0.29) is 78.6 Å². The van der Waals surface area contributed by atoms with E-state index < -0.39 is 0 Å². The summed E-state index contributed by atoms with van der Waals surface area (Å²) < 4.78 is 0. The summed E-state index contributed by atoms with van der Waals surface area (Å²) in [6, 6.07) is 4.85. The predicted octanol–water partition coefficient (Wildman–Crippen LogP) is 3.53. The number of fused-ring (bicyclic) bond motifs is 3. The second-order valence-corrected chi connectivity index (χ2v) is 14.6. The summed E-state index contributed by atoms with van der Waals surface area (Å²) in [6.07, 6.45) is 11.8. The molecule has 1 N–H and O–H groups in total. The van der Waals surface area contributed by atoms with E-state index in [1.54, 1.807) is 0 Å². The van der Waals surface area contributed by atoms with Crippen LogP contribution in [0.15, 0.2) is 49.1 Å². The fourth-order valence-corrected chi connectivity index (χ4v) is 6.23. The van der Waals surface area contributed by atoms with Gasteiger partial charge in [-0.3, -0.25) is 0 Å². The zero-order chi connectivity index (χ0) is 27.0. The Morgan fingerprint density at radius 1 is 0.769 bits per heavy atom. The number of allylic oxidation sites excluding steroid dienone is 5. The maximum absolute atomic E-state index is 12.0. The van der Waals surface area contributed by atoms with Crippen molar-refractivity contribution >= 4 is 0 Å². The third kappa shape index (κ3) is 6.24. The van der Waals surface area contributed by atoms with E-state index in [1.165, 1.54) is 38.9 Å². The van der Waals surface area contributed by atoms with Crippen molar-refractivity contribution in [1.82, 2.24) is 0 Å². The van der Waals surface area contributed by atoms with Gasteiger partial charge < -0.3 is 29.9 Å². The topological polar surface area (TPSA) is 20.2 Å². The number of phenols is 1. The maximum Gasteiger partial charge on any atom is 2.00 e. The van der Waals surface area contributed by atoms with Gasteiger partial charge in [0, 0.05) is 28.9 Å². The van der Waals surface area contributed by atoms with Gasteiger partial charge in [0.15, 0.2) is 0 Å². The minimum atomic E-state index is -0.177. The van der Waals surface area contributed by atoms with Crippen LogP contribution in [0.2, 0.25) is 0 Å². The van der Waals surface area contributed by atoms with Crippen LogP contribution in [0.4, 0.5) is 0 Å². The van der Waals surface area contributed by atoms with Crippen molar-refractivity contribution in [2.45, 2.75) is 110 Å². The predicted molar refractivity (Wildman–Crippen MR) is 157 cm³/mol. The number of aromatic hydroxyl groups is 1. The second kappa shape index (κ2) is 11.7. The fourth-order valence-electron chi connectivity index (χ4n) is 6.23. The van der Waals surface area contributed by atoms with Crippen molar-refractivity contribution in [1.29, 1.82) is 0 Å². The molecule has 2 aliphatic rings. The SMILES string of the molecule is C=CC(C)(C)c1cc2c(cc1C(C)(C)C)-c1c(c(O)c(C(C)(C)C)c(C(C)(C)C)c1C1C=CC=C1)C2.[Cl-].[Cl-].[Zr+2]. The van der Waals surface area contributed by atoms with Gasteiger partial charge in [-0.1, -0.05) is 119 Å². The van der Waals surface area contributed by atoms with Crippen LogP contribution in [0.25, 0.3) is 11.1 Å². The average molecular weight is 645 g/mol. The summed E-state index contributed by atoms with van der Waals surface area (Å²) in [4.78, 5) is 0. The molecule has 0 fully saturated rings. The summed E-state index contributed by atoms with van der Waals surface area (Å²) in [5.74, 6) is 0.707. The Labute approximate surface area is 269 Å². The molecule has 0 atom stereocenters. The number of hydrogen-bond acceptors (Lipinski definition) is 1. The minimum absolute atomic E-state index is 0. The number of phenolic OH excluding ortho intramolecular Hbond substituents is 1. The van der Waals surface area contributed by atoms with E-state index in [2.05, 4.69) is 125 Å². The van der Waals surface area contributed by atoms with Crippen LogP contribution in [-0.4, -0.2) is 5.11 Å². The molecule has 0 unspecified atom stereocenters. The standard InChI is InChI=1S/C35H46O.2ClH.Zr/c1-13-35(11,12)26-19-22-18-24-28(23(22)20-25(26)32(2,3)4)27(21-16-14-15-17-21)29(33(5,6)7)30(31(24)36)34(8,9)10;;;/h13-17,19-21,36H,1,18H2,2-12H3;2*1H;/q;;;+2/p-2. The average Bonchev–Trinajstić information content (AvgIpc) is 3.38. The van der Waals surface area contributed by atoms with Crippen LogP contribution < -0.4 is 24.8 Å². The first-order chi connectivity index (χ1) is 16.4. The summed E-state index contributed by atoms with van der Waals surface area (Å²) in [6.45, 7) is 29.2. The van der Waals surface area contributed by atoms with Crippen LogP contribution >= 0.6 is 0 Å². The van der Waals surface area contributed by atoms with Gasteiger partial charge in [-0.2, -0.15) is 0 Å². The van der Waals surface area contributed by atoms with E-state index in [9.17, 15) is 5.11 Å². The fraction of sp³-hybridized carbons (Fsp3) is 0.486. The van der Waals surface area contributed by atoms with Crippen molar-refractivity contribution in [3.05, 3.63) is 88.0 Å². The van der Waals surface area contributed by atoms with Gasteiger partial charge in [-0.25, -0.2) is 0 Å². The number of benzene rings is 2. The molecule has 4 rings (SSSR count). The Hall–Kier alpha value is -1.08. The second-order valence-electron chi connectivity index (χ2n) is 14.6. The molecule has 0 heterocycles. The molecule has 2 aliphatic carbocycles. The smallest absolute Gasteiger partial charge is 1.00 e. The van der Waals surface area contributed by atoms with Crippen molar-refractivity contribution in [3.63, 3.8) is 0 Å². The molecule has 0 aromatic heterocycles. The summed E-state index contributed by atoms with van der Waals surface area (Å²) in [5.41, 5.74) is 11.0. The van der Waals surface area contributed by atoms with E-state index in [0.29, 0.717) is 5.75 Å². The van der Waals surface area contributed by atoms with Crippen LogP contribution in [0.1, 0.15) is 121 Å². The molecule has 2 aromatic carbocycles. The summed E-state index contributed by atoms with van der Waals surface area (Å²) in [7, 11) is 0. The number of hydrogen-bond donors (Lipinski definition) is 1. The van der Waals surface area contributed by atoms with E-state index in [0.717, 1.165) is 17.5 Å². The molecule has 0 bridgehead atoms. The molecule has 210 valence electrons. The van der Waals surface area contributed by atoms with Crippen LogP contribution in [0, 0.1) is 0 Å². The monoisotopic (exact) mass is 642 g/mol. The minimum Gasteiger partial charge on any atom is -1.00 e. The van der Waals surface area contributed by atoms with Crippen molar-refractivity contribution in [2.24, 2.45) is 0 Å². The maximum atomic E-state index is 12.0. The molecule has 0 saturated heterocycles. The zero-order valence-corrected chi connectivity index (χ0v) is 29.7. The Bertz CT molecular complexity index is 1300. The van der Waals surface area contributed by atoms with E-state index in [4.69, 9.17) is 0 Å². The number of halogens is 2. The molecule has 0 amide bonds. The quantitative estimate of drug-likeness (QED) is 0.433. The van der Waals surface area contributed by atoms with Crippen LogP contribution in [0.3, 0.4) is 0 Å². The normalized spacial score (nSPS) is 14.7. The Morgan fingerprint density at radius 2 is 1.28 bits per heavy atom. The van der Waals surface area contributed by atoms with E-state index >= 15 is 0 Å². The number of rotatable bonds is 3. The van der Waals surface area contributed by atoms with Gasteiger partial charge in [0.1, 0.15) is 5.75 Å². The van der Waals surface area contributed by atoms with Gasteiger partial charge in [-0.15, -0.1) is 6.58 Å². The third-order valence-electron chi connectivity index (χ3n) is 8.09. The Kier molecular flexibility index (Phi) is 10.7. The van der Waals surface area contributed by atoms with Gasteiger partial charge in [0.25, 0.3) is 0 Å². The first-order valence-corrected chi connectivity index (χ1v) is 13.5. The summed E-state index contributed by atoms with van der Waals surface area (Å²) in [5, 5.41) is 12.0. The third-order valence-corrected chi connectivity index (χ3v) is 8.09. The van der Waals surface area contributed by atoms with Crippen LogP contribution in [-0.2, 0) is 54.3 Å². The van der Waals surface area contributed by atoms with Crippen molar-refractivity contribution in [2.75, 3.05) is 0 Å². The Morgan fingerprint density at radius 3 is 1.72 bits per heavy atom. The van der Waals surface area contributed by atoms with Gasteiger partial charge in [-0.05, 0) is 55.2 Å². The molecule has 0 saturated carbocycles. The van der Waals surface area contributed by atoms with Crippen molar-refractivity contribution in [3.8, 4) is 16.9 Å². The molecule has 0 aliphatic heterocycles. The van der Waals surface area contributed by atoms with Gasteiger partial charge in [0.05, 0.1) is 0 Å². The van der Waals surface area contributed by atoms with E-state index in [1.807, 2.05) is 0 Å². The molecule has 1 nitrogen and oxygen atoms in total. The molecule has 0 radical (unpaired) electrons. The van der Waals surface area contributed by atoms with Crippen LogP contribution in [0.5, 0.6) is 5.75 Å². The first-order valence-electron chi connectivity index (χ1n) is 13.5. The summed E-state index contributed by atoms with van der Waals surface area (Å²) >= 11 is 0. The molecule has 4 heteroatoms.